The highest BCUT2D eigenvalue weighted by Crippen LogP contribution is 2.46. The van der Waals surface area contributed by atoms with Crippen LogP contribution in [-0.2, 0) is 19.2 Å². The number of H-pyrrole nitrogens is 4. The lowest BCUT2D eigenvalue weighted by Crippen LogP contribution is -2.26. The van der Waals surface area contributed by atoms with Gasteiger partial charge in [0.25, 0.3) is 0 Å². The average molecular weight is 1660 g/mol. The van der Waals surface area contributed by atoms with Crippen LogP contribution in [0.5, 0.6) is 0 Å². The van der Waals surface area contributed by atoms with Gasteiger partial charge in [-0.2, -0.15) is 0 Å². The third-order valence-electron chi connectivity index (χ3n) is 25.8. The molecule has 0 bridgehead atoms. The molecule has 4 saturated carbocycles. The number of nitrogens with one attached hydrogen (secondary N) is 8. The van der Waals surface area contributed by atoms with E-state index in [9.17, 15) is 19.2 Å². The van der Waals surface area contributed by atoms with E-state index in [1.165, 1.54) is 33.4 Å². The van der Waals surface area contributed by atoms with Crippen molar-refractivity contribution in [3.63, 3.8) is 0 Å². The fourth-order valence-corrected chi connectivity index (χ4v) is 19.1. The highest BCUT2D eigenvalue weighted by molar-refractivity contribution is 5.97. The third-order valence-corrected chi connectivity index (χ3v) is 25.8. The summed E-state index contributed by atoms with van der Waals surface area (Å²) in [6.07, 6.45) is 28.2. The number of pyridine rings is 5. The zero-order chi connectivity index (χ0) is 86.4. The van der Waals surface area contributed by atoms with E-state index in [1.54, 1.807) is 24.8 Å². The summed E-state index contributed by atoms with van der Waals surface area (Å²) in [5, 5.41) is 16.6. The number of carbonyl (C=O) groups excluding carboxylic acids is 4. The third kappa shape index (κ3) is 18.9. The van der Waals surface area contributed by atoms with E-state index in [2.05, 4.69) is 224 Å². The lowest BCUT2D eigenvalue weighted by atomic mass is 9.91. The average Bonchev–Trinajstić information content (AvgIpc) is 1.66. The Morgan fingerprint density at radius 1 is 0.272 bits per heavy atom. The zero-order valence-corrected chi connectivity index (χ0v) is 72.2. The topological polar surface area (TPSA) is 296 Å². The summed E-state index contributed by atoms with van der Waals surface area (Å²) in [4.78, 5) is 106. The molecule has 8 unspecified atom stereocenters. The maximum atomic E-state index is 13.3. The van der Waals surface area contributed by atoms with Crippen molar-refractivity contribution in [3.05, 3.63) is 305 Å². The van der Waals surface area contributed by atoms with Crippen molar-refractivity contribution in [3.8, 4) is 44.5 Å². The first kappa shape index (κ1) is 83.3. The van der Waals surface area contributed by atoms with Crippen LogP contribution in [-0.4, -0.2) is 88.4 Å². The molecular formula is C104H105N17O4. The molecule has 0 saturated heterocycles. The number of hydrogen-bond acceptors (Lipinski definition) is 13. The molecule has 16 aromatic rings. The van der Waals surface area contributed by atoms with Crippen molar-refractivity contribution >= 4 is 90.6 Å². The van der Waals surface area contributed by atoms with E-state index in [1.807, 2.05) is 131 Å². The SMILES string of the molecule is Cc1cc2[nH]c(C3CCCC3C(=O)Nc3ccc(-c4ccccc4C)cc3C)cc2cn1.Cc1cc2[nH]c(C3CCCC3C(=O)Nc3ccc(-c4ccccc4C)cn3)cc2cn1.Cc1cc2[nH]c(C3CCCC3C(=O)Nc3ncc(-c4ccccc4C)cn3)cc2cn1.Cc1cc2cc(C3CCCC3C(=O)Nc3ncc(-c4ccccc4C)cn3)[nH]c2cn1. The Kier molecular flexibility index (Phi) is 24.7. The smallest absolute Gasteiger partial charge is 0.230 e. The van der Waals surface area contributed by atoms with Crippen molar-refractivity contribution in [1.82, 2.24) is 64.8 Å². The number of aryl methyl sites for hydroxylation is 9. The van der Waals surface area contributed by atoms with E-state index in [4.69, 9.17) is 0 Å². The molecule has 4 aliphatic carbocycles. The van der Waals surface area contributed by atoms with Crippen LogP contribution in [0.1, 0.15) is 174 Å². The fourth-order valence-electron chi connectivity index (χ4n) is 19.1. The maximum absolute atomic E-state index is 13.3. The van der Waals surface area contributed by atoms with Crippen molar-refractivity contribution in [2.75, 3.05) is 21.3 Å². The maximum Gasteiger partial charge on any atom is 0.230 e. The highest BCUT2D eigenvalue weighted by Gasteiger charge is 2.39. The number of fused-ring (bicyclic) bond motifs is 4. The standard InChI is InChI=1S/C28H29N3O.C26H26N4O.2C25H25N5O/c1-17-7-4-5-8-22(17)20-11-12-25(18(2)13-20)31-28(32)24-10-6-9-23(24)27-15-21-16-29-19(3)14-26(21)30-27;1-16-6-3-4-7-20(16)18-10-11-25(28-14-18)30-26(31)22-9-5-8-21(22)24-13-19-15-27-17(2)12-23(19)29-24;1-15-6-3-4-7-19(15)18-13-27-25(28-14-18)30-24(31)21-9-5-8-20(21)23-11-17-12-26-16(2)10-22(17)29-23;1-15-6-3-4-7-19(15)18-12-27-25(28-13-18)30-24(31)21-9-5-8-20(21)22-11-17-10-16(2)26-14-23(17)29-22/h4-5,7-8,11-16,23-24,30H,6,9-10H2,1-3H3,(H,31,32);3-4,6-7,10-15,21-22,29H,5,8-9H2,1-2H3,(H,28,30,31);2*3-4,6-7,10-14,20-21,29H,5,8-9H2,1-2H3,(H,27,28,30,31). The van der Waals surface area contributed by atoms with Gasteiger partial charge < -0.3 is 30.6 Å². The molecule has 125 heavy (non-hydrogen) atoms. The predicted octanol–water partition coefficient (Wildman–Crippen LogP) is 22.8. The van der Waals surface area contributed by atoms with Crippen LogP contribution in [0.3, 0.4) is 0 Å². The van der Waals surface area contributed by atoms with Crippen LogP contribution in [0.4, 0.5) is 23.4 Å². The van der Waals surface area contributed by atoms with Gasteiger partial charge in [0.2, 0.25) is 35.5 Å². The summed E-state index contributed by atoms with van der Waals surface area (Å²) in [6, 6.07) is 59.9. The molecule has 0 radical (unpaired) electrons. The van der Waals surface area contributed by atoms with Gasteiger partial charge in [-0.15, -0.1) is 0 Å². The second kappa shape index (κ2) is 37.0. The van der Waals surface area contributed by atoms with Crippen molar-refractivity contribution in [1.29, 1.82) is 0 Å². The molecule has 11 heterocycles. The number of rotatable bonds is 16. The molecule has 0 spiro atoms. The van der Waals surface area contributed by atoms with E-state index in [-0.39, 0.29) is 71.0 Å². The lowest BCUT2D eigenvalue weighted by Gasteiger charge is -2.19. The van der Waals surface area contributed by atoms with Crippen molar-refractivity contribution < 1.29 is 19.2 Å². The zero-order valence-electron chi connectivity index (χ0n) is 72.2. The molecule has 0 aliphatic heterocycles. The Hall–Kier alpha value is -14.0. The summed E-state index contributed by atoms with van der Waals surface area (Å²) < 4.78 is 0. The monoisotopic (exact) mass is 1660 g/mol. The second-order valence-corrected chi connectivity index (χ2v) is 34.4. The number of hydrogen-bond donors (Lipinski definition) is 8. The number of anilines is 4. The van der Waals surface area contributed by atoms with Gasteiger partial charge in [0.1, 0.15) is 5.82 Å². The van der Waals surface area contributed by atoms with Gasteiger partial charge in [0, 0.05) is 203 Å². The van der Waals surface area contributed by atoms with Gasteiger partial charge in [-0.1, -0.05) is 129 Å². The van der Waals surface area contributed by atoms with E-state index < -0.39 is 0 Å². The summed E-state index contributed by atoms with van der Waals surface area (Å²) in [7, 11) is 0. The van der Waals surface area contributed by atoms with Gasteiger partial charge in [-0.05, 0) is 242 Å². The van der Waals surface area contributed by atoms with Gasteiger partial charge >= 0.3 is 0 Å². The van der Waals surface area contributed by atoms with Crippen LogP contribution in [0.15, 0.2) is 232 Å². The van der Waals surface area contributed by atoms with Crippen LogP contribution >= 0.6 is 0 Å². The van der Waals surface area contributed by atoms with Crippen LogP contribution in [0, 0.1) is 86.0 Å². The molecule has 21 nitrogen and oxygen atoms in total. The van der Waals surface area contributed by atoms with E-state index in [0.29, 0.717) is 17.7 Å². The van der Waals surface area contributed by atoms with Gasteiger partial charge in [-0.3, -0.25) is 49.7 Å². The summed E-state index contributed by atoms with van der Waals surface area (Å²) in [5.41, 5.74) is 28.2. The molecule has 630 valence electrons. The minimum Gasteiger partial charge on any atom is -0.358 e. The number of nitrogens with zero attached hydrogens (tertiary/aromatic N) is 9. The Balaban J connectivity index is 0.000000118. The number of aromatic nitrogens is 13. The minimum absolute atomic E-state index is 0.0147. The first-order valence-electron chi connectivity index (χ1n) is 43.7. The Labute approximate surface area is 727 Å². The number of aromatic amines is 4. The molecule has 20 rings (SSSR count). The summed E-state index contributed by atoms with van der Waals surface area (Å²) >= 11 is 0. The largest absolute Gasteiger partial charge is 0.358 e. The quantitative estimate of drug-likeness (QED) is 0.0447. The van der Waals surface area contributed by atoms with Crippen LogP contribution in [0.2, 0.25) is 0 Å². The second-order valence-electron chi connectivity index (χ2n) is 34.4. The Bertz CT molecular complexity index is 6150. The first-order valence-corrected chi connectivity index (χ1v) is 43.7. The van der Waals surface area contributed by atoms with Crippen molar-refractivity contribution in [2.45, 2.75) is 163 Å². The van der Waals surface area contributed by atoms with Gasteiger partial charge in [0.05, 0.1) is 11.7 Å². The molecule has 4 fully saturated rings. The highest BCUT2D eigenvalue weighted by atomic mass is 16.2. The molecule has 4 aliphatic rings. The summed E-state index contributed by atoms with van der Waals surface area (Å²) in [6.45, 7) is 18.4. The number of carbonyl (C=O) groups is 4. The van der Waals surface area contributed by atoms with Gasteiger partial charge in [-0.25, -0.2) is 24.9 Å². The number of amides is 4. The summed E-state index contributed by atoms with van der Waals surface area (Å²) in [5.74, 6) is 1.91. The van der Waals surface area contributed by atoms with Crippen LogP contribution < -0.4 is 21.3 Å². The fraction of sp³-hybridized carbons (Fsp3) is 0.279. The number of benzene rings is 5. The molecule has 8 atom stereocenters. The normalized spacial score (nSPS) is 18.3. The molecule has 5 aromatic carbocycles. The lowest BCUT2D eigenvalue weighted by molar-refractivity contribution is -0.121. The molecule has 11 aromatic heterocycles. The van der Waals surface area contributed by atoms with E-state index in [0.717, 1.165) is 211 Å². The van der Waals surface area contributed by atoms with Crippen LogP contribution in [0.25, 0.3) is 88.1 Å². The first-order chi connectivity index (χ1) is 60.7. The molecule has 4 amide bonds. The molecule has 21 heteroatoms. The van der Waals surface area contributed by atoms with E-state index >= 15 is 0 Å². The van der Waals surface area contributed by atoms with Crippen molar-refractivity contribution in [2.24, 2.45) is 23.7 Å². The molecule has 8 N–H and O–H groups in total. The van der Waals surface area contributed by atoms with Gasteiger partial charge in [0.15, 0.2) is 0 Å². The Morgan fingerprint density at radius 2 is 0.600 bits per heavy atom. The molecular weight excluding hydrogens is 1550 g/mol. The minimum atomic E-state index is -0.0956. The Morgan fingerprint density at radius 3 is 0.984 bits per heavy atom. The predicted molar refractivity (Wildman–Crippen MR) is 498 cm³/mol.